The molecular formula is C13H28N2O. The number of nitrogens with zero attached hydrogens (tertiary/aromatic N) is 1. The summed E-state index contributed by atoms with van der Waals surface area (Å²) in [5, 5.41) is 12.7. The topological polar surface area (TPSA) is 35.5 Å². The van der Waals surface area contributed by atoms with Gasteiger partial charge in [-0.15, -0.1) is 0 Å². The zero-order valence-electron chi connectivity index (χ0n) is 11.1. The molecule has 1 saturated heterocycles. The number of aliphatic hydroxyl groups excluding tert-OH is 1. The third-order valence-electron chi connectivity index (χ3n) is 3.63. The lowest BCUT2D eigenvalue weighted by Gasteiger charge is -2.35. The van der Waals surface area contributed by atoms with Crippen LogP contribution in [0.1, 0.15) is 46.5 Å². The van der Waals surface area contributed by atoms with E-state index in [2.05, 4.69) is 31.0 Å². The first-order chi connectivity index (χ1) is 7.65. The van der Waals surface area contributed by atoms with Crippen LogP contribution in [0, 0.1) is 0 Å². The molecule has 0 aliphatic carbocycles. The number of hydrogen-bond donors (Lipinski definition) is 2. The molecule has 0 aromatic heterocycles. The van der Waals surface area contributed by atoms with Crippen LogP contribution in [-0.4, -0.2) is 47.8 Å². The molecule has 0 aromatic carbocycles. The Morgan fingerprint density at radius 3 is 2.56 bits per heavy atom. The van der Waals surface area contributed by atoms with E-state index in [0.717, 1.165) is 6.54 Å². The number of nitrogens with one attached hydrogen (secondary N) is 1. The van der Waals surface area contributed by atoms with Gasteiger partial charge in [-0.3, -0.25) is 4.90 Å². The van der Waals surface area contributed by atoms with Crippen molar-refractivity contribution < 1.29 is 5.11 Å². The summed E-state index contributed by atoms with van der Waals surface area (Å²) in [5.74, 6) is 0. The molecule has 0 saturated carbocycles. The molecule has 2 atom stereocenters. The maximum absolute atomic E-state index is 9.08. The Hall–Kier alpha value is -0.120. The molecular weight excluding hydrogens is 200 g/mol. The van der Waals surface area contributed by atoms with E-state index in [4.69, 9.17) is 5.11 Å². The largest absolute Gasteiger partial charge is 0.395 e. The van der Waals surface area contributed by atoms with Gasteiger partial charge in [0.25, 0.3) is 0 Å². The summed E-state index contributed by atoms with van der Waals surface area (Å²) in [6.45, 7) is 8.94. The van der Waals surface area contributed by atoms with Crippen molar-refractivity contribution in [3.05, 3.63) is 0 Å². The van der Waals surface area contributed by atoms with Gasteiger partial charge < -0.3 is 10.4 Å². The third-order valence-corrected chi connectivity index (χ3v) is 3.63. The Labute approximate surface area is 100 Å². The van der Waals surface area contributed by atoms with Gasteiger partial charge in [0.05, 0.1) is 6.61 Å². The predicted molar refractivity (Wildman–Crippen MR) is 68.6 cm³/mol. The molecule has 1 fully saturated rings. The molecule has 0 bridgehead atoms. The van der Waals surface area contributed by atoms with E-state index in [1.165, 1.54) is 32.2 Å². The molecule has 0 aromatic rings. The molecule has 0 spiro atoms. The lowest BCUT2D eigenvalue weighted by molar-refractivity contribution is 0.112. The molecule has 1 heterocycles. The number of hydrogen-bond acceptors (Lipinski definition) is 3. The summed E-state index contributed by atoms with van der Waals surface area (Å²) < 4.78 is 0. The second-order valence-electron chi connectivity index (χ2n) is 5.29. The molecule has 2 N–H and O–H groups in total. The minimum Gasteiger partial charge on any atom is -0.395 e. The van der Waals surface area contributed by atoms with E-state index in [1.54, 1.807) is 0 Å². The minimum absolute atomic E-state index is 0.264. The van der Waals surface area contributed by atoms with E-state index in [0.29, 0.717) is 18.1 Å². The van der Waals surface area contributed by atoms with Crippen LogP contribution in [0.25, 0.3) is 0 Å². The molecule has 96 valence electrons. The predicted octanol–water partition coefficient (Wildman–Crippen LogP) is 1.61. The lowest BCUT2D eigenvalue weighted by atomic mass is 9.97. The average molecular weight is 228 g/mol. The Bertz CT molecular complexity index is 179. The Morgan fingerprint density at radius 2 is 2.06 bits per heavy atom. The maximum atomic E-state index is 9.08. The quantitative estimate of drug-likeness (QED) is 0.725. The minimum atomic E-state index is 0.264. The van der Waals surface area contributed by atoms with Gasteiger partial charge in [-0.1, -0.05) is 6.42 Å². The SMILES string of the molecule is CC(C)N(CCO)C(C)CC1CCCCN1. The van der Waals surface area contributed by atoms with Crippen molar-refractivity contribution in [1.82, 2.24) is 10.2 Å². The van der Waals surface area contributed by atoms with Gasteiger partial charge in [0.1, 0.15) is 0 Å². The molecule has 1 aliphatic rings. The second-order valence-corrected chi connectivity index (χ2v) is 5.29. The van der Waals surface area contributed by atoms with Crippen molar-refractivity contribution in [2.45, 2.75) is 64.6 Å². The summed E-state index contributed by atoms with van der Waals surface area (Å²) in [4.78, 5) is 2.40. The maximum Gasteiger partial charge on any atom is 0.0558 e. The summed E-state index contributed by atoms with van der Waals surface area (Å²) in [6.07, 6.45) is 5.22. The fourth-order valence-corrected chi connectivity index (χ4v) is 2.78. The van der Waals surface area contributed by atoms with Crippen molar-refractivity contribution in [3.8, 4) is 0 Å². The molecule has 0 amide bonds. The van der Waals surface area contributed by atoms with Crippen molar-refractivity contribution in [3.63, 3.8) is 0 Å². The van der Waals surface area contributed by atoms with Gasteiger partial charge in [-0.05, 0) is 46.6 Å². The Morgan fingerprint density at radius 1 is 1.31 bits per heavy atom. The Balaban J connectivity index is 2.37. The van der Waals surface area contributed by atoms with Crippen LogP contribution in [0.15, 0.2) is 0 Å². The molecule has 2 unspecified atom stereocenters. The van der Waals surface area contributed by atoms with Gasteiger partial charge in [0, 0.05) is 24.7 Å². The fraction of sp³-hybridized carbons (Fsp3) is 1.00. The summed E-state index contributed by atoms with van der Waals surface area (Å²) >= 11 is 0. The van der Waals surface area contributed by atoms with Crippen molar-refractivity contribution in [2.24, 2.45) is 0 Å². The molecule has 1 aliphatic heterocycles. The van der Waals surface area contributed by atoms with Crippen LogP contribution in [-0.2, 0) is 0 Å². The number of piperidine rings is 1. The zero-order valence-corrected chi connectivity index (χ0v) is 11.1. The van der Waals surface area contributed by atoms with Crippen LogP contribution in [0.2, 0.25) is 0 Å². The highest BCUT2D eigenvalue weighted by Crippen LogP contribution is 2.16. The third kappa shape index (κ3) is 4.40. The van der Waals surface area contributed by atoms with Crippen LogP contribution in [0.3, 0.4) is 0 Å². The standard InChI is InChI=1S/C13H28N2O/c1-11(2)15(8-9-16)12(3)10-13-6-4-5-7-14-13/h11-14,16H,4-10H2,1-3H3. The average Bonchev–Trinajstić information content (AvgIpc) is 2.26. The monoisotopic (exact) mass is 228 g/mol. The highest BCUT2D eigenvalue weighted by Gasteiger charge is 2.21. The lowest BCUT2D eigenvalue weighted by Crippen LogP contribution is -2.45. The summed E-state index contributed by atoms with van der Waals surface area (Å²) in [5.41, 5.74) is 0. The second kappa shape index (κ2) is 7.25. The van der Waals surface area contributed by atoms with E-state index < -0.39 is 0 Å². The van der Waals surface area contributed by atoms with Gasteiger partial charge in [0.15, 0.2) is 0 Å². The van der Waals surface area contributed by atoms with Crippen LogP contribution < -0.4 is 5.32 Å². The van der Waals surface area contributed by atoms with Crippen molar-refractivity contribution in [2.75, 3.05) is 19.7 Å². The van der Waals surface area contributed by atoms with Crippen LogP contribution in [0.4, 0.5) is 0 Å². The number of aliphatic hydroxyl groups is 1. The molecule has 3 nitrogen and oxygen atoms in total. The zero-order chi connectivity index (χ0) is 12.0. The van der Waals surface area contributed by atoms with E-state index >= 15 is 0 Å². The molecule has 16 heavy (non-hydrogen) atoms. The molecule has 3 heteroatoms. The smallest absolute Gasteiger partial charge is 0.0558 e. The summed E-state index contributed by atoms with van der Waals surface area (Å²) in [7, 11) is 0. The highest BCUT2D eigenvalue weighted by atomic mass is 16.3. The normalized spacial score (nSPS) is 24.0. The summed E-state index contributed by atoms with van der Waals surface area (Å²) in [6, 6.07) is 1.76. The van der Waals surface area contributed by atoms with Crippen molar-refractivity contribution in [1.29, 1.82) is 0 Å². The molecule has 0 radical (unpaired) electrons. The number of rotatable bonds is 6. The highest BCUT2D eigenvalue weighted by molar-refractivity contribution is 4.79. The van der Waals surface area contributed by atoms with Gasteiger partial charge >= 0.3 is 0 Å². The molecule has 1 rings (SSSR count). The van der Waals surface area contributed by atoms with Gasteiger partial charge in [-0.25, -0.2) is 0 Å². The van der Waals surface area contributed by atoms with Crippen LogP contribution >= 0.6 is 0 Å². The van der Waals surface area contributed by atoms with Gasteiger partial charge in [-0.2, -0.15) is 0 Å². The fourth-order valence-electron chi connectivity index (χ4n) is 2.78. The van der Waals surface area contributed by atoms with E-state index in [-0.39, 0.29) is 6.61 Å². The van der Waals surface area contributed by atoms with E-state index in [9.17, 15) is 0 Å². The van der Waals surface area contributed by atoms with Crippen LogP contribution in [0.5, 0.6) is 0 Å². The van der Waals surface area contributed by atoms with Crippen molar-refractivity contribution >= 4 is 0 Å². The van der Waals surface area contributed by atoms with Gasteiger partial charge in [0.2, 0.25) is 0 Å². The first kappa shape index (κ1) is 13.9. The first-order valence-corrected chi connectivity index (χ1v) is 6.75. The van der Waals surface area contributed by atoms with E-state index in [1.807, 2.05) is 0 Å². The Kier molecular flexibility index (Phi) is 6.32. The first-order valence-electron chi connectivity index (χ1n) is 6.75.